The molecule has 1 unspecified atom stereocenters. The van der Waals surface area contributed by atoms with Crippen LogP contribution in [0.5, 0.6) is 0 Å². The second kappa shape index (κ2) is 7.41. The summed E-state index contributed by atoms with van der Waals surface area (Å²) in [6, 6.07) is 8.08. The van der Waals surface area contributed by atoms with Gasteiger partial charge in [-0.2, -0.15) is 0 Å². The summed E-state index contributed by atoms with van der Waals surface area (Å²) in [5.74, 6) is 0.385. The van der Waals surface area contributed by atoms with Crippen molar-refractivity contribution >= 4 is 11.6 Å². The summed E-state index contributed by atoms with van der Waals surface area (Å²) in [5.41, 5.74) is 2.30. The Kier molecular flexibility index (Phi) is 5.56. The van der Waals surface area contributed by atoms with Crippen molar-refractivity contribution in [3.8, 4) is 0 Å². The van der Waals surface area contributed by atoms with Crippen LogP contribution >= 0.6 is 11.6 Å². The molecule has 0 aliphatic rings. The molecule has 0 saturated carbocycles. The number of aryl methyl sites for hydroxylation is 1. The maximum absolute atomic E-state index is 5.97. The minimum Gasteiger partial charge on any atom is -0.316 e. The monoisotopic (exact) mass is 292 g/mol. The Balaban J connectivity index is 2.09. The normalized spacial score (nSPS) is 12.6. The molecule has 1 N–H and O–H groups in total. The zero-order chi connectivity index (χ0) is 14.4. The van der Waals surface area contributed by atoms with Crippen molar-refractivity contribution in [1.82, 2.24) is 20.3 Å². The number of hydrogen-bond acceptors (Lipinski definition) is 3. The zero-order valence-electron chi connectivity index (χ0n) is 12.0. The van der Waals surface area contributed by atoms with Crippen LogP contribution in [0.4, 0.5) is 0 Å². The van der Waals surface area contributed by atoms with Crippen molar-refractivity contribution in [2.24, 2.45) is 7.05 Å². The van der Waals surface area contributed by atoms with Gasteiger partial charge in [-0.15, -0.1) is 5.10 Å². The summed E-state index contributed by atoms with van der Waals surface area (Å²) < 4.78 is 1.74. The molecule has 2 aromatic rings. The Morgan fingerprint density at radius 2 is 2.05 bits per heavy atom. The van der Waals surface area contributed by atoms with Crippen molar-refractivity contribution in [2.45, 2.75) is 25.7 Å². The molecule has 0 aliphatic heterocycles. The van der Waals surface area contributed by atoms with E-state index < -0.39 is 0 Å². The van der Waals surface area contributed by atoms with Crippen LogP contribution in [0.2, 0.25) is 5.02 Å². The highest BCUT2D eigenvalue weighted by molar-refractivity contribution is 6.30. The predicted molar refractivity (Wildman–Crippen MR) is 82.1 cm³/mol. The van der Waals surface area contributed by atoms with Crippen LogP contribution < -0.4 is 5.32 Å². The number of nitrogens with one attached hydrogen (secondary N) is 1. The van der Waals surface area contributed by atoms with E-state index in [9.17, 15) is 0 Å². The van der Waals surface area contributed by atoms with Gasteiger partial charge in [-0.05, 0) is 30.7 Å². The van der Waals surface area contributed by atoms with Gasteiger partial charge in [-0.25, -0.2) is 0 Å². The smallest absolute Gasteiger partial charge is 0.0833 e. The lowest BCUT2D eigenvalue weighted by molar-refractivity contribution is 0.571. The van der Waals surface area contributed by atoms with E-state index in [-0.39, 0.29) is 0 Å². The Labute approximate surface area is 125 Å². The molecule has 0 spiro atoms. The lowest BCUT2D eigenvalue weighted by atomic mass is 9.94. The molecule has 0 fully saturated rings. The lowest BCUT2D eigenvalue weighted by Crippen LogP contribution is -2.23. The summed E-state index contributed by atoms with van der Waals surface area (Å²) in [7, 11) is 1.89. The Morgan fingerprint density at radius 1 is 1.30 bits per heavy atom. The van der Waals surface area contributed by atoms with Crippen LogP contribution in [0, 0.1) is 0 Å². The van der Waals surface area contributed by atoms with Crippen molar-refractivity contribution in [1.29, 1.82) is 0 Å². The molecule has 1 atom stereocenters. The molecule has 1 aromatic heterocycles. The molecular formula is C15H21ClN4. The molecular weight excluding hydrogens is 272 g/mol. The molecule has 5 heteroatoms. The average Bonchev–Trinajstić information content (AvgIpc) is 2.84. The Bertz CT molecular complexity index is 521. The molecule has 0 bridgehead atoms. The van der Waals surface area contributed by atoms with E-state index in [0.717, 1.165) is 36.6 Å². The molecule has 1 aromatic carbocycles. The fourth-order valence-electron chi connectivity index (χ4n) is 2.24. The van der Waals surface area contributed by atoms with E-state index in [1.165, 1.54) is 5.56 Å². The SMILES string of the molecule is CCCNCC(Cc1cn(C)nn1)c1ccc(Cl)cc1. The second-order valence-electron chi connectivity index (χ2n) is 5.04. The van der Waals surface area contributed by atoms with Gasteiger partial charge in [0.15, 0.2) is 0 Å². The molecule has 20 heavy (non-hydrogen) atoms. The highest BCUT2D eigenvalue weighted by atomic mass is 35.5. The average molecular weight is 293 g/mol. The molecule has 2 rings (SSSR count). The van der Waals surface area contributed by atoms with Crippen LogP contribution in [0.25, 0.3) is 0 Å². The maximum atomic E-state index is 5.97. The van der Waals surface area contributed by atoms with Gasteiger partial charge in [-0.1, -0.05) is 35.9 Å². The highest BCUT2D eigenvalue weighted by Gasteiger charge is 2.14. The topological polar surface area (TPSA) is 42.7 Å². The molecule has 4 nitrogen and oxygen atoms in total. The lowest BCUT2D eigenvalue weighted by Gasteiger charge is -2.17. The van der Waals surface area contributed by atoms with Crippen molar-refractivity contribution in [3.63, 3.8) is 0 Å². The summed E-state index contributed by atoms with van der Waals surface area (Å²) >= 11 is 5.97. The van der Waals surface area contributed by atoms with E-state index in [0.29, 0.717) is 5.92 Å². The third kappa shape index (κ3) is 4.32. The Hall–Kier alpha value is -1.39. The van der Waals surface area contributed by atoms with Crippen LogP contribution in [0.15, 0.2) is 30.5 Å². The van der Waals surface area contributed by atoms with Gasteiger partial charge in [0.2, 0.25) is 0 Å². The van der Waals surface area contributed by atoms with Gasteiger partial charge >= 0.3 is 0 Å². The summed E-state index contributed by atoms with van der Waals surface area (Å²) in [4.78, 5) is 0. The first-order chi connectivity index (χ1) is 9.69. The Morgan fingerprint density at radius 3 is 2.65 bits per heavy atom. The van der Waals surface area contributed by atoms with Crippen molar-refractivity contribution in [3.05, 3.63) is 46.7 Å². The molecule has 0 aliphatic carbocycles. The van der Waals surface area contributed by atoms with Gasteiger partial charge in [0.05, 0.1) is 5.69 Å². The van der Waals surface area contributed by atoms with Crippen LogP contribution in [0.3, 0.4) is 0 Å². The number of nitrogens with zero attached hydrogens (tertiary/aromatic N) is 3. The van der Waals surface area contributed by atoms with Crippen LogP contribution in [-0.4, -0.2) is 28.1 Å². The van der Waals surface area contributed by atoms with Gasteiger partial charge < -0.3 is 5.32 Å². The van der Waals surface area contributed by atoms with E-state index in [4.69, 9.17) is 11.6 Å². The van der Waals surface area contributed by atoms with Crippen molar-refractivity contribution < 1.29 is 0 Å². The van der Waals surface area contributed by atoms with E-state index >= 15 is 0 Å². The predicted octanol–water partition coefficient (Wildman–Crippen LogP) is 2.79. The van der Waals surface area contributed by atoms with Gasteiger partial charge in [-0.3, -0.25) is 4.68 Å². The van der Waals surface area contributed by atoms with Gasteiger partial charge in [0.1, 0.15) is 0 Å². The molecule has 0 saturated heterocycles. The van der Waals surface area contributed by atoms with Crippen molar-refractivity contribution in [2.75, 3.05) is 13.1 Å². The second-order valence-corrected chi connectivity index (χ2v) is 5.48. The first-order valence-electron chi connectivity index (χ1n) is 7.00. The highest BCUT2D eigenvalue weighted by Crippen LogP contribution is 2.21. The number of halogens is 1. The third-order valence-electron chi connectivity index (χ3n) is 3.26. The standard InChI is InChI=1S/C15H21ClN4/c1-3-8-17-10-13(9-15-11-20(2)19-18-15)12-4-6-14(16)7-5-12/h4-7,11,13,17H,3,8-10H2,1-2H3. The number of aromatic nitrogens is 3. The number of benzene rings is 1. The number of hydrogen-bond donors (Lipinski definition) is 1. The summed E-state index contributed by atoms with van der Waals surface area (Å²) in [5, 5.41) is 12.4. The zero-order valence-corrected chi connectivity index (χ0v) is 12.8. The van der Waals surface area contributed by atoms with Gasteiger partial charge in [0, 0.05) is 37.2 Å². The molecule has 108 valence electrons. The maximum Gasteiger partial charge on any atom is 0.0833 e. The first kappa shape index (κ1) is 15.0. The molecule has 1 heterocycles. The van der Waals surface area contributed by atoms with E-state index in [1.54, 1.807) is 4.68 Å². The fraction of sp³-hybridized carbons (Fsp3) is 0.467. The quantitative estimate of drug-likeness (QED) is 0.798. The van der Waals surface area contributed by atoms with E-state index in [2.05, 4.69) is 34.7 Å². The minimum absolute atomic E-state index is 0.385. The van der Waals surface area contributed by atoms with Crippen LogP contribution in [0.1, 0.15) is 30.5 Å². The van der Waals surface area contributed by atoms with E-state index in [1.807, 2.05) is 25.4 Å². The summed E-state index contributed by atoms with van der Waals surface area (Å²) in [6.45, 7) is 4.14. The largest absolute Gasteiger partial charge is 0.316 e. The number of rotatable bonds is 7. The molecule has 0 amide bonds. The fourth-order valence-corrected chi connectivity index (χ4v) is 2.36. The van der Waals surface area contributed by atoms with Crippen LogP contribution in [-0.2, 0) is 13.5 Å². The molecule has 0 radical (unpaired) electrons. The third-order valence-corrected chi connectivity index (χ3v) is 3.52. The first-order valence-corrected chi connectivity index (χ1v) is 7.38. The minimum atomic E-state index is 0.385. The van der Waals surface area contributed by atoms with Gasteiger partial charge in [0.25, 0.3) is 0 Å². The summed E-state index contributed by atoms with van der Waals surface area (Å²) in [6.07, 6.45) is 3.99.